The quantitative estimate of drug-likeness (QED) is 0.698. The molecule has 0 saturated carbocycles. The van der Waals surface area contributed by atoms with Crippen LogP contribution in [0.25, 0.3) is 0 Å². The summed E-state index contributed by atoms with van der Waals surface area (Å²) < 4.78 is 5.49. The molecule has 0 atom stereocenters. The second-order valence-electron chi connectivity index (χ2n) is 1.93. The van der Waals surface area contributed by atoms with Gasteiger partial charge < -0.3 is 4.42 Å². The lowest BCUT2D eigenvalue weighted by molar-refractivity contribution is 0.499. The van der Waals surface area contributed by atoms with Crippen LogP contribution in [0.1, 0.15) is 12.5 Å². The molecule has 0 N–H and O–H groups in total. The van der Waals surface area contributed by atoms with Gasteiger partial charge in [-0.2, -0.15) is 0 Å². The Balaban J connectivity index is 3.22. The minimum absolute atomic E-state index is 0.245. The first-order valence-electron chi connectivity index (χ1n) is 3.01. The van der Waals surface area contributed by atoms with Crippen LogP contribution in [0, 0.1) is 0 Å². The first-order chi connectivity index (χ1) is 4.74. The average Bonchev–Trinajstić information content (AvgIpc) is 1.94. The maximum atomic E-state index is 10.8. The highest BCUT2D eigenvalue weighted by Crippen LogP contribution is 2.07. The van der Waals surface area contributed by atoms with Crippen molar-refractivity contribution >= 4 is 15.9 Å². The van der Waals surface area contributed by atoms with Crippen LogP contribution in [-0.4, -0.2) is 0 Å². The highest BCUT2D eigenvalue weighted by atomic mass is 79.9. The van der Waals surface area contributed by atoms with Crippen molar-refractivity contribution < 1.29 is 4.42 Å². The Morgan fingerprint density at radius 2 is 2.40 bits per heavy atom. The fourth-order valence-corrected chi connectivity index (χ4v) is 1.06. The number of aryl methyl sites for hydroxylation is 1. The molecule has 0 aliphatic carbocycles. The zero-order chi connectivity index (χ0) is 7.56. The van der Waals surface area contributed by atoms with Crippen LogP contribution in [0.5, 0.6) is 0 Å². The van der Waals surface area contributed by atoms with E-state index >= 15 is 0 Å². The summed E-state index contributed by atoms with van der Waals surface area (Å²) in [6.07, 6.45) is 2.10. The zero-order valence-electron chi connectivity index (χ0n) is 5.56. The van der Waals surface area contributed by atoms with Crippen molar-refractivity contribution in [2.45, 2.75) is 13.3 Å². The fourth-order valence-electron chi connectivity index (χ4n) is 0.691. The molecule has 0 amide bonds. The van der Waals surface area contributed by atoms with Gasteiger partial charge in [0.15, 0.2) is 0 Å². The van der Waals surface area contributed by atoms with Crippen molar-refractivity contribution in [3.8, 4) is 0 Å². The van der Waals surface area contributed by atoms with Crippen molar-refractivity contribution in [3.63, 3.8) is 0 Å². The summed E-state index contributed by atoms with van der Waals surface area (Å²) in [5, 5.41) is 0. The van der Waals surface area contributed by atoms with Crippen molar-refractivity contribution in [1.82, 2.24) is 0 Å². The summed E-state index contributed by atoms with van der Waals surface area (Å²) in [4.78, 5) is 10.8. The summed E-state index contributed by atoms with van der Waals surface area (Å²) in [7, 11) is 0. The molecule has 1 aromatic heterocycles. The Bertz CT molecular complexity index is 277. The molecular formula is C7H7BrO2. The summed E-state index contributed by atoms with van der Waals surface area (Å²) in [5.74, 6) is 0. The van der Waals surface area contributed by atoms with Gasteiger partial charge >= 0.3 is 5.63 Å². The van der Waals surface area contributed by atoms with E-state index in [-0.39, 0.29) is 5.63 Å². The summed E-state index contributed by atoms with van der Waals surface area (Å²) >= 11 is 3.20. The standard InChI is InChI=1S/C7H7BrO2/c1-2-5-3-6(8)4-10-7(5)9/h3-4H,2H2,1H3. The minimum Gasteiger partial charge on any atom is -0.430 e. The SMILES string of the molecule is CCc1cc(Br)coc1=O. The molecular weight excluding hydrogens is 196 g/mol. The van der Waals surface area contributed by atoms with Gasteiger partial charge in [0, 0.05) is 5.56 Å². The van der Waals surface area contributed by atoms with E-state index in [1.165, 1.54) is 6.26 Å². The molecule has 2 nitrogen and oxygen atoms in total. The molecule has 0 spiro atoms. The molecule has 0 radical (unpaired) electrons. The van der Waals surface area contributed by atoms with Crippen LogP contribution in [0.15, 0.2) is 26.0 Å². The van der Waals surface area contributed by atoms with Crippen molar-refractivity contribution in [2.75, 3.05) is 0 Å². The summed E-state index contributed by atoms with van der Waals surface area (Å²) in [5.41, 5.74) is 0.458. The molecule has 0 aliphatic heterocycles. The van der Waals surface area contributed by atoms with Crippen molar-refractivity contribution in [1.29, 1.82) is 0 Å². The first-order valence-corrected chi connectivity index (χ1v) is 3.80. The van der Waals surface area contributed by atoms with Crippen LogP contribution in [-0.2, 0) is 6.42 Å². The van der Waals surface area contributed by atoms with Gasteiger partial charge in [-0.05, 0) is 28.4 Å². The Hall–Kier alpha value is -0.570. The van der Waals surface area contributed by atoms with Crippen molar-refractivity contribution in [3.05, 3.63) is 32.8 Å². The first kappa shape index (κ1) is 7.54. The molecule has 1 aromatic rings. The van der Waals surface area contributed by atoms with E-state index in [4.69, 9.17) is 0 Å². The lowest BCUT2D eigenvalue weighted by atomic mass is 10.2. The van der Waals surface area contributed by atoms with Gasteiger partial charge in [0.2, 0.25) is 0 Å². The number of halogens is 1. The average molecular weight is 203 g/mol. The number of rotatable bonds is 1. The highest BCUT2D eigenvalue weighted by Gasteiger charge is 1.97. The summed E-state index contributed by atoms with van der Waals surface area (Å²) in [6, 6.07) is 1.77. The molecule has 1 rings (SSSR count). The maximum absolute atomic E-state index is 10.8. The molecule has 0 bridgehead atoms. The highest BCUT2D eigenvalue weighted by molar-refractivity contribution is 9.10. The maximum Gasteiger partial charge on any atom is 0.338 e. The predicted molar refractivity (Wildman–Crippen MR) is 42.1 cm³/mol. The molecule has 0 aromatic carbocycles. The van der Waals surface area contributed by atoms with Crippen LogP contribution < -0.4 is 5.63 Å². The van der Waals surface area contributed by atoms with Gasteiger partial charge in [-0.15, -0.1) is 0 Å². The predicted octanol–water partition coefficient (Wildman–Crippen LogP) is 1.96. The van der Waals surface area contributed by atoms with Gasteiger partial charge in [-0.1, -0.05) is 6.92 Å². The van der Waals surface area contributed by atoms with E-state index in [0.29, 0.717) is 12.0 Å². The van der Waals surface area contributed by atoms with Crippen LogP contribution in [0.4, 0.5) is 0 Å². The summed E-state index contributed by atoms with van der Waals surface area (Å²) in [6.45, 7) is 1.92. The lowest BCUT2D eigenvalue weighted by Crippen LogP contribution is -2.04. The van der Waals surface area contributed by atoms with E-state index in [1.807, 2.05) is 6.92 Å². The Morgan fingerprint density at radius 3 is 2.90 bits per heavy atom. The Labute approximate surface area is 67.0 Å². The van der Waals surface area contributed by atoms with Crippen molar-refractivity contribution in [2.24, 2.45) is 0 Å². The van der Waals surface area contributed by atoms with E-state index in [9.17, 15) is 4.79 Å². The second kappa shape index (κ2) is 3.01. The molecule has 0 fully saturated rings. The third-order valence-electron chi connectivity index (χ3n) is 1.23. The largest absolute Gasteiger partial charge is 0.430 e. The molecule has 3 heteroatoms. The topological polar surface area (TPSA) is 30.2 Å². The molecule has 10 heavy (non-hydrogen) atoms. The van der Waals surface area contributed by atoms with E-state index in [2.05, 4.69) is 20.3 Å². The molecule has 54 valence electrons. The third-order valence-corrected chi connectivity index (χ3v) is 1.65. The fraction of sp³-hybridized carbons (Fsp3) is 0.286. The monoisotopic (exact) mass is 202 g/mol. The second-order valence-corrected chi connectivity index (χ2v) is 2.85. The number of hydrogen-bond donors (Lipinski definition) is 0. The van der Waals surface area contributed by atoms with Gasteiger partial charge in [0.05, 0.1) is 4.47 Å². The Kier molecular flexibility index (Phi) is 2.27. The minimum atomic E-state index is -0.245. The lowest BCUT2D eigenvalue weighted by Gasteiger charge is -1.92. The van der Waals surface area contributed by atoms with Crippen LogP contribution in [0.3, 0.4) is 0 Å². The van der Waals surface area contributed by atoms with E-state index < -0.39 is 0 Å². The molecule has 0 saturated heterocycles. The smallest absolute Gasteiger partial charge is 0.338 e. The van der Waals surface area contributed by atoms with E-state index in [0.717, 1.165) is 4.47 Å². The normalized spacial score (nSPS) is 9.80. The van der Waals surface area contributed by atoms with Gasteiger partial charge in [-0.25, -0.2) is 4.79 Å². The van der Waals surface area contributed by atoms with E-state index in [1.54, 1.807) is 6.07 Å². The number of hydrogen-bond acceptors (Lipinski definition) is 2. The van der Waals surface area contributed by atoms with Gasteiger partial charge in [-0.3, -0.25) is 0 Å². The third kappa shape index (κ3) is 1.48. The van der Waals surface area contributed by atoms with Crippen LogP contribution in [0.2, 0.25) is 0 Å². The molecule has 0 unspecified atom stereocenters. The molecule has 0 aliphatic rings. The zero-order valence-corrected chi connectivity index (χ0v) is 7.14. The Morgan fingerprint density at radius 1 is 1.70 bits per heavy atom. The molecule has 1 heterocycles. The van der Waals surface area contributed by atoms with Gasteiger partial charge in [0.1, 0.15) is 6.26 Å². The van der Waals surface area contributed by atoms with Crippen LogP contribution >= 0.6 is 15.9 Å². The van der Waals surface area contributed by atoms with Gasteiger partial charge in [0.25, 0.3) is 0 Å².